The SMILES string of the molecule is CC[C@@H](O)c1ccc(N(CC(N)=O)C(C)C)cn1. The molecule has 0 aromatic carbocycles. The van der Waals surface area contributed by atoms with Crippen LogP contribution in [-0.2, 0) is 4.79 Å². The van der Waals surface area contributed by atoms with Crippen LogP contribution in [0.5, 0.6) is 0 Å². The van der Waals surface area contributed by atoms with Gasteiger partial charge in [0.1, 0.15) is 0 Å². The molecular formula is C13H21N3O2. The highest BCUT2D eigenvalue weighted by Crippen LogP contribution is 2.19. The van der Waals surface area contributed by atoms with E-state index in [1.165, 1.54) is 0 Å². The predicted molar refractivity (Wildman–Crippen MR) is 71.2 cm³/mol. The first-order chi connectivity index (χ1) is 8.45. The summed E-state index contributed by atoms with van der Waals surface area (Å²) < 4.78 is 0. The van der Waals surface area contributed by atoms with E-state index in [2.05, 4.69) is 4.98 Å². The van der Waals surface area contributed by atoms with Crippen LogP contribution in [0.3, 0.4) is 0 Å². The summed E-state index contributed by atoms with van der Waals surface area (Å²) in [5.41, 5.74) is 6.70. The maximum absolute atomic E-state index is 11.0. The summed E-state index contributed by atoms with van der Waals surface area (Å²) in [5, 5.41) is 9.66. The van der Waals surface area contributed by atoms with Crippen LogP contribution in [0, 0.1) is 0 Å². The molecule has 0 aliphatic rings. The summed E-state index contributed by atoms with van der Waals surface area (Å²) in [6.07, 6.45) is 1.75. The van der Waals surface area contributed by atoms with Gasteiger partial charge < -0.3 is 15.7 Å². The molecule has 0 fully saturated rings. The van der Waals surface area contributed by atoms with Crippen molar-refractivity contribution in [3.05, 3.63) is 24.0 Å². The molecule has 0 bridgehead atoms. The summed E-state index contributed by atoms with van der Waals surface area (Å²) >= 11 is 0. The molecule has 1 rings (SSSR count). The van der Waals surface area contributed by atoms with E-state index in [1.807, 2.05) is 31.7 Å². The largest absolute Gasteiger partial charge is 0.387 e. The third-order valence-corrected chi connectivity index (χ3v) is 2.78. The highest BCUT2D eigenvalue weighted by Gasteiger charge is 2.14. The molecule has 0 radical (unpaired) electrons. The molecule has 0 spiro atoms. The van der Waals surface area contributed by atoms with Crippen molar-refractivity contribution in [3.8, 4) is 0 Å². The lowest BCUT2D eigenvalue weighted by molar-refractivity contribution is -0.116. The number of pyridine rings is 1. The third kappa shape index (κ3) is 3.70. The van der Waals surface area contributed by atoms with E-state index >= 15 is 0 Å². The van der Waals surface area contributed by atoms with Crippen molar-refractivity contribution in [2.45, 2.75) is 39.3 Å². The Balaban J connectivity index is 2.90. The lowest BCUT2D eigenvalue weighted by Gasteiger charge is -2.27. The monoisotopic (exact) mass is 251 g/mol. The third-order valence-electron chi connectivity index (χ3n) is 2.78. The van der Waals surface area contributed by atoms with Gasteiger partial charge in [0.15, 0.2) is 0 Å². The average Bonchev–Trinajstić information content (AvgIpc) is 2.34. The van der Waals surface area contributed by atoms with Crippen molar-refractivity contribution in [1.29, 1.82) is 0 Å². The fourth-order valence-corrected chi connectivity index (χ4v) is 1.71. The molecule has 18 heavy (non-hydrogen) atoms. The van der Waals surface area contributed by atoms with E-state index in [0.29, 0.717) is 12.1 Å². The number of hydrogen-bond acceptors (Lipinski definition) is 4. The number of aliphatic hydroxyl groups is 1. The van der Waals surface area contributed by atoms with Crippen LogP contribution < -0.4 is 10.6 Å². The molecule has 1 heterocycles. The Bertz CT molecular complexity index is 390. The lowest BCUT2D eigenvalue weighted by Crippen LogP contribution is -2.38. The van der Waals surface area contributed by atoms with Crippen molar-refractivity contribution in [3.63, 3.8) is 0 Å². The van der Waals surface area contributed by atoms with Gasteiger partial charge in [-0.3, -0.25) is 9.78 Å². The second-order valence-electron chi connectivity index (χ2n) is 4.55. The zero-order chi connectivity index (χ0) is 13.7. The Morgan fingerprint density at radius 3 is 2.56 bits per heavy atom. The topological polar surface area (TPSA) is 79.5 Å². The van der Waals surface area contributed by atoms with Gasteiger partial charge in [-0.05, 0) is 32.4 Å². The highest BCUT2D eigenvalue weighted by atomic mass is 16.3. The first kappa shape index (κ1) is 14.4. The van der Waals surface area contributed by atoms with E-state index in [0.717, 1.165) is 5.69 Å². The van der Waals surface area contributed by atoms with E-state index in [9.17, 15) is 9.90 Å². The van der Waals surface area contributed by atoms with Crippen molar-refractivity contribution >= 4 is 11.6 Å². The van der Waals surface area contributed by atoms with E-state index in [1.54, 1.807) is 12.3 Å². The van der Waals surface area contributed by atoms with Gasteiger partial charge in [0.25, 0.3) is 0 Å². The summed E-state index contributed by atoms with van der Waals surface area (Å²) in [6, 6.07) is 3.78. The fraction of sp³-hybridized carbons (Fsp3) is 0.538. The van der Waals surface area contributed by atoms with Crippen molar-refractivity contribution in [2.24, 2.45) is 5.73 Å². The molecule has 1 aromatic rings. The number of hydrogen-bond donors (Lipinski definition) is 2. The number of nitrogens with two attached hydrogens (primary N) is 1. The molecule has 0 saturated carbocycles. The van der Waals surface area contributed by atoms with Crippen molar-refractivity contribution < 1.29 is 9.90 Å². The first-order valence-corrected chi connectivity index (χ1v) is 6.14. The Kier molecular flexibility index (Phi) is 5.09. The van der Waals surface area contributed by atoms with Gasteiger partial charge in [0, 0.05) is 6.04 Å². The molecule has 1 atom stereocenters. The molecule has 1 amide bonds. The Morgan fingerprint density at radius 1 is 1.50 bits per heavy atom. The molecule has 1 aromatic heterocycles. The molecule has 0 aliphatic carbocycles. The number of anilines is 1. The van der Waals surface area contributed by atoms with Gasteiger partial charge in [-0.15, -0.1) is 0 Å². The molecule has 5 heteroatoms. The summed E-state index contributed by atoms with van der Waals surface area (Å²) in [4.78, 5) is 17.1. The second-order valence-corrected chi connectivity index (χ2v) is 4.55. The van der Waals surface area contributed by atoms with Crippen LogP contribution in [0.4, 0.5) is 5.69 Å². The zero-order valence-corrected chi connectivity index (χ0v) is 11.1. The van der Waals surface area contributed by atoms with Crippen LogP contribution in [0.2, 0.25) is 0 Å². The van der Waals surface area contributed by atoms with Gasteiger partial charge in [0.2, 0.25) is 5.91 Å². The van der Waals surface area contributed by atoms with Gasteiger partial charge in [-0.25, -0.2) is 0 Å². The second kappa shape index (κ2) is 6.35. The number of nitrogens with zero attached hydrogens (tertiary/aromatic N) is 2. The van der Waals surface area contributed by atoms with Gasteiger partial charge in [0.05, 0.1) is 30.2 Å². The predicted octanol–water partition coefficient (Wildman–Crippen LogP) is 1.23. The quantitative estimate of drug-likeness (QED) is 0.797. The molecule has 100 valence electrons. The minimum Gasteiger partial charge on any atom is -0.387 e. The molecule has 3 N–H and O–H groups in total. The van der Waals surface area contributed by atoms with Gasteiger partial charge in [-0.1, -0.05) is 6.92 Å². The van der Waals surface area contributed by atoms with Crippen molar-refractivity contribution in [2.75, 3.05) is 11.4 Å². The number of aromatic nitrogens is 1. The van der Waals surface area contributed by atoms with Crippen molar-refractivity contribution in [1.82, 2.24) is 4.98 Å². The molecule has 0 unspecified atom stereocenters. The molecule has 0 aliphatic heterocycles. The smallest absolute Gasteiger partial charge is 0.236 e. The van der Waals surface area contributed by atoms with Crippen LogP contribution >= 0.6 is 0 Å². The molecule has 0 saturated heterocycles. The maximum atomic E-state index is 11.0. The minimum atomic E-state index is -0.539. The number of primary amides is 1. The van der Waals surface area contributed by atoms with E-state index in [4.69, 9.17) is 5.73 Å². The minimum absolute atomic E-state index is 0.154. The number of amides is 1. The van der Waals surface area contributed by atoms with Crippen LogP contribution in [-0.4, -0.2) is 28.6 Å². The highest BCUT2D eigenvalue weighted by molar-refractivity contribution is 5.79. The van der Waals surface area contributed by atoms with E-state index in [-0.39, 0.29) is 18.5 Å². The zero-order valence-electron chi connectivity index (χ0n) is 11.1. The number of carbonyl (C=O) groups is 1. The van der Waals surface area contributed by atoms with Crippen LogP contribution in [0.1, 0.15) is 39.0 Å². The van der Waals surface area contributed by atoms with Gasteiger partial charge in [-0.2, -0.15) is 0 Å². The number of aliphatic hydroxyl groups excluding tert-OH is 1. The molecular weight excluding hydrogens is 230 g/mol. The molecule has 5 nitrogen and oxygen atoms in total. The number of rotatable bonds is 6. The lowest BCUT2D eigenvalue weighted by atomic mass is 10.1. The van der Waals surface area contributed by atoms with E-state index < -0.39 is 6.10 Å². The fourth-order valence-electron chi connectivity index (χ4n) is 1.71. The van der Waals surface area contributed by atoms with Crippen LogP contribution in [0.25, 0.3) is 0 Å². The maximum Gasteiger partial charge on any atom is 0.236 e. The summed E-state index contributed by atoms with van der Waals surface area (Å²) in [7, 11) is 0. The Morgan fingerprint density at radius 2 is 2.17 bits per heavy atom. The average molecular weight is 251 g/mol. The number of carbonyl (C=O) groups excluding carboxylic acids is 1. The summed E-state index contributed by atoms with van der Waals surface area (Å²) in [6.45, 7) is 6.03. The Hall–Kier alpha value is -1.62. The van der Waals surface area contributed by atoms with Crippen LogP contribution in [0.15, 0.2) is 18.3 Å². The Labute approximate surface area is 108 Å². The van der Waals surface area contributed by atoms with Gasteiger partial charge >= 0.3 is 0 Å². The summed E-state index contributed by atoms with van der Waals surface area (Å²) in [5.74, 6) is -0.374. The normalized spacial score (nSPS) is 12.5. The first-order valence-electron chi connectivity index (χ1n) is 6.14. The standard InChI is InChI=1S/C13H21N3O2/c1-4-12(17)11-6-5-10(7-15-11)16(9(2)3)8-13(14)18/h5-7,9,12,17H,4,8H2,1-3H3,(H2,14,18)/t12-/m1/s1.